The Labute approximate surface area is 114 Å². The van der Waals surface area contributed by atoms with E-state index in [1.165, 1.54) is 12.1 Å². The van der Waals surface area contributed by atoms with E-state index in [4.69, 9.17) is 10.5 Å². The highest BCUT2D eigenvalue weighted by Gasteiger charge is 2.40. The quantitative estimate of drug-likeness (QED) is 0.842. The molecule has 0 saturated heterocycles. The molecular weight excluding hydrogens is 266 g/mol. The summed E-state index contributed by atoms with van der Waals surface area (Å²) < 4.78 is 28.4. The zero-order valence-electron chi connectivity index (χ0n) is 11.7. The van der Waals surface area contributed by atoms with Crippen LogP contribution in [0.2, 0.25) is 0 Å². The molecule has 3 N–H and O–H groups in total. The van der Waals surface area contributed by atoms with Crippen LogP contribution < -0.4 is 10.5 Å². The van der Waals surface area contributed by atoms with E-state index in [0.717, 1.165) is 6.26 Å². The van der Waals surface area contributed by atoms with Crippen molar-refractivity contribution in [2.24, 2.45) is 5.73 Å². The molecule has 0 saturated carbocycles. The fourth-order valence-electron chi connectivity index (χ4n) is 1.43. The fourth-order valence-corrected chi connectivity index (χ4v) is 2.06. The van der Waals surface area contributed by atoms with Crippen LogP contribution in [0.4, 0.5) is 0 Å². The van der Waals surface area contributed by atoms with Crippen molar-refractivity contribution in [2.75, 3.05) is 12.8 Å². The minimum Gasteiger partial charge on any atom is -0.483 e. The fraction of sp³-hybridized carbons (Fsp3) is 0.538. The summed E-state index contributed by atoms with van der Waals surface area (Å²) in [6.45, 7) is 5.07. The van der Waals surface area contributed by atoms with Crippen molar-refractivity contribution in [1.29, 1.82) is 0 Å². The van der Waals surface area contributed by atoms with Crippen molar-refractivity contribution < 1.29 is 18.3 Å². The van der Waals surface area contributed by atoms with Crippen LogP contribution in [0.1, 0.15) is 20.8 Å². The van der Waals surface area contributed by atoms with Crippen LogP contribution in [0.15, 0.2) is 29.2 Å². The first-order chi connectivity index (χ1) is 8.49. The summed E-state index contributed by atoms with van der Waals surface area (Å²) in [6, 6.07) is 6.03. The summed E-state index contributed by atoms with van der Waals surface area (Å²) >= 11 is 0. The van der Waals surface area contributed by atoms with E-state index in [0.29, 0.717) is 5.75 Å². The Morgan fingerprint density at radius 1 is 1.21 bits per heavy atom. The average molecular weight is 287 g/mol. The summed E-state index contributed by atoms with van der Waals surface area (Å²) in [5.74, 6) is 0.461. The highest BCUT2D eigenvalue weighted by Crippen LogP contribution is 2.28. The predicted molar refractivity (Wildman–Crippen MR) is 73.9 cm³/mol. The second kappa shape index (κ2) is 5.11. The van der Waals surface area contributed by atoms with E-state index in [2.05, 4.69) is 0 Å². The molecule has 6 heteroatoms. The minimum atomic E-state index is -3.23. The Kier molecular flexibility index (Phi) is 4.29. The molecule has 0 amide bonds. The van der Waals surface area contributed by atoms with Crippen molar-refractivity contribution in [1.82, 2.24) is 0 Å². The van der Waals surface area contributed by atoms with Gasteiger partial charge in [0.1, 0.15) is 11.4 Å². The van der Waals surface area contributed by atoms with E-state index in [1.54, 1.807) is 32.9 Å². The number of hydrogen-bond donors (Lipinski definition) is 2. The first kappa shape index (κ1) is 15.9. The first-order valence-electron chi connectivity index (χ1n) is 5.91. The van der Waals surface area contributed by atoms with E-state index in [9.17, 15) is 13.5 Å². The Balaban J connectivity index is 3.01. The standard InChI is InChI=1S/C13H21NO4S/c1-12(2,15)13(3,9-14)18-10-5-7-11(8-6-10)19(4,16)17/h5-8,15H,9,14H2,1-4H3. The summed E-state index contributed by atoms with van der Waals surface area (Å²) in [5.41, 5.74) is 3.57. The molecule has 0 aliphatic rings. The van der Waals surface area contributed by atoms with Gasteiger partial charge >= 0.3 is 0 Å². The third-order valence-electron chi connectivity index (χ3n) is 3.28. The Morgan fingerprint density at radius 3 is 2.00 bits per heavy atom. The van der Waals surface area contributed by atoms with Gasteiger partial charge in [0.15, 0.2) is 9.84 Å². The third-order valence-corrected chi connectivity index (χ3v) is 4.41. The van der Waals surface area contributed by atoms with Gasteiger partial charge < -0.3 is 15.6 Å². The highest BCUT2D eigenvalue weighted by molar-refractivity contribution is 7.90. The van der Waals surface area contributed by atoms with Crippen LogP contribution >= 0.6 is 0 Å². The van der Waals surface area contributed by atoms with Crippen LogP contribution in [0.25, 0.3) is 0 Å². The monoisotopic (exact) mass is 287 g/mol. The van der Waals surface area contributed by atoms with Gasteiger partial charge in [0.25, 0.3) is 0 Å². The highest BCUT2D eigenvalue weighted by atomic mass is 32.2. The average Bonchev–Trinajstić information content (AvgIpc) is 2.27. The van der Waals surface area contributed by atoms with Crippen molar-refractivity contribution in [3.63, 3.8) is 0 Å². The molecule has 1 aromatic carbocycles. The molecule has 0 spiro atoms. The van der Waals surface area contributed by atoms with Gasteiger partial charge in [0.05, 0.1) is 10.5 Å². The topological polar surface area (TPSA) is 89.6 Å². The van der Waals surface area contributed by atoms with Crippen molar-refractivity contribution in [2.45, 2.75) is 36.9 Å². The zero-order valence-corrected chi connectivity index (χ0v) is 12.5. The van der Waals surface area contributed by atoms with Crippen LogP contribution in [-0.4, -0.2) is 37.5 Å². The molecule has 0 aliphatic carbocycles. The van der Waals surface area contributed by atoms with E-state index in [-0.39, 0.29) is 11.4 Å². The van der Waals surface area contributed by atoms with Crippen LogP contribution in [0.5, 0.6) is 5.75 Å². The van der Waals surface area contributed by atoms with Gasteiger partial charge in [-0.25, -0.2) is 8.42 Å². The van der Waals surface area contributed by atoms with E-state index in [1.807, 2.05) is 0 Å². The first-order valence-corrected chi connectivity index (χ1v) is 7.80. The van der Waals surface area contributed by atoms with Gasteiger partial charge in [-0.3, -0.25) is 0 Å². The second-order valence-corrected chi connectivity index (χ2v) is 7.36. The lowest BCUT2D eigenvalue weighted by Crippen LogP contribution is -2.57. The minimum absolute atomic E-state index is 0.129. The number of nitrogens with two attached hydrogens (primary N) is 1. The number of aliphatic hydroxyl groups is 1. The lowest BCUT2D eigenvalue weighted by atomic mass is 9.87. The molecule has 5 nitrogen and oxygen atoms in total. The van der Waals surface area contributed by atoms with Crippen LogP contribution in [-0.2, 0) is 9.84 Å². The number of hydrogen-bond acceptors (Lipinski definition) is 5. The molecule has 0 aliphatic heterocycles. The summed E-state index contributed by atoms with van der Waals surface area (Å²) in [6.07, 6.45) is 1.14. The number of rotatable bonds is 5. The van der Waals surface area contributed by atoms with E-state index < -0.39 is 21.0 Å². The molecule has 0 aromatic heterocycles. The Morgan fingerprint density at radius 2 is 1.68 bits per heavy atom. The van der Waals surface area contributed by atoms with Gasteiger partial charge in [-0.2, -0.15) is 0 Å². The molecule has 1 aromatic rings. The van der Waals surface area contributed by atoms with Gasteiger partial charge in [-0.05, 0) is 45.0 Å². The molecule has 0 heterocycles. The smallest absolute Gasteiger partial charge is 0.175 e. The maximum Gasteiger partial charge on any atom is 0.175 e. The predicted octanol–water partition coefficient (Wildman–Crippen LogP) is 0.957. The van der Waals surface area contributed by atoms with E-state index >= 15 is 0 Å². The number of ether oxygens (including phenoxy) is 1. The second-order valence-electron chi connectivity index (χ2n) is 5.34. The lowest BCUT2D eigenvalue weighted by molar-refractivity contribution is -0.0960. The summed E-state index contributed by atoms with van der Waals surface area (Å²) in [5, 5.41) is 10.1. The van der Waals surface area contributed by atoms with Crippen molar-refractivity contribution in [3.05, 3.63) is 24.3 Å². The van der Waals surface area contributed by atoms with Crippen molar-refractivity contribution in [3.8, 4) is 5.75 Å². The molecule has 108 valence electrons. The maximum atomic E-state index is 11.3. The van der Waals surface area contributed by atoms with Gasteiger partial charge in [-0.1, -0.05) is 0 Å². The summed E-state index contributed by atoms with van der Waals surface area (Å²) in [4.78, 5) is 0.220. The SMILES string of the molecule is CC(C)(O)C(C)(CN)Oc1ccc(S(C)(=O)=O)cc1. The molecule has 0 bridgehead atoms. The molecule has 1 unspecified atom stereocenters. The van der Waals surface area contributed by atoms with Gasteiger partial charge in [-0.15, -0.1) is 0 Å². The Hall–Kier alpha value is -1.11. The summed E-state index contributed by atoms with van der Waals surface area (Å²) in [7, 11) is -3.23. The number of benzene rings is 1. The third kappa shape index (κ3) is 3.68. The molecular formula is C13H21NO4S. The number of sulfone groups is 1. The normalized spacial score (nSPS) is 15.9. The Bertz CT molecular complexity index is 531. The molecule has 0 fully saturated rings. The largest absolute Gasteiger partial charge is 0.483 e. The van der Waals surface area contributed by atoms with Gasteiger partial charge in [0, 0.05) is 12.8 Å². The zero-order chi connectivity index (χ0) is 14.9. The molecule has 1 rings (SSSR count). The lowest BCUT2D eigenvalue weighted by Gasteiger charge is -2.39. The molecule has 1 atom stereocenters. The van der Waals surface area contributed by atoms with Crippen molar-refractivity contribution >= 4 is 9.84 Å². The molecule has 19 heavy (non-hydrogen) atoms. The van der Waals surface area contributed by atoms with Crippen LogP contribution in [0.3, 0.4) is 0 Å². The van der Waals surface area contributed by atoms with Gasteiger partial charge in [0.2, 0.25) is 0 Å². The molecule has 0 radical (unpaired) electrons. The maximum absolute atomic E-state index is 11.3. The van der Waals surface area contributed by atoms with Crippen LogP contribution in [0, 0.1) is 0 Å².